The molecule has 0 aliphatic heterocycles. The normalized spacial score (nSPS) is 12.2. The van der Waals surface area contributed by atoms with E-state index in [0.29, 0.717) is 16.1 Å². The van der Waals surface area contributed by atoms with Gasteiger partial charge < -0.3 is 5.32 Å². The summed E-state index contributed by atoms with van der Waals surface area (Å²) >= 11 is 1.27. The Labute approximate surface area is 166 Å². The van der Waals surface area contributed by atoms with Crippen LogP contribution < -0.4 is 10.9 Å². The number of carbonyl (C=O) groups is 1. The van der Waals surface area contributed by atoms with Crippen molar-refractivity contribution in [2.24, 2.45) is 7.05 Å². The molecule has 0 saturated carbocycles. The zero-order valence-corrected chi connectivity index (χ0v) is 16.4. The van der Waals surface area contributed by atoms with Gasteiger partial charge in [0.2, 0.25) is 5.91 Å². The van der Waals surface area contributed by atoms with Crippen LogP contribution in [0.15, 0.2) is 76.7 Å². The van der Waals surface area contributed by atoms with Crippen molar-refractivity contribution in [1.82, 2.24) is 9.55 Å². The first kappa shape index (κ1) is 18.3. The molecule has 140 valence electrons. The largest absolute Gasteiger partial charge is 0.325 e. The Balaban J connectivity index is 1.55. The monoisotopic (exact) mass is 389 g/mol. The van der Waals surface area contributed by atoms with Gasteiger partial charge in [-0.25, -0.2) is 4.98 Å². The van der Waals surface area contributed by atoms with Gasteiger partial charge in [-0.1, -0.05) is 54.2 Å². The number of benzene rings is 3. The van der Waals surface area contributed by atoms with E-state index in [9.17, 15) is 9.59 Å². The molecule has 0 saturated heterocycles. The number of rotatable bonds is 4. The minimum atomic E-state index is -0.411. The van der Waals surface area contributed by atoms with E-state index in [1.807, 2.05) is 61.5 Å². The number of fused-ring (bicyclic) bond motifs is 2. The predicted molar refractivity (Wildman–Crippen MR) is 115 cm³/mol. The van der Waals surface area contributed by atoms with E-state index >= 15 is 0 Å². The van der Waals surface area contributed by atoms with Gasteiger partial charge in [0.15, 0.2) is 5.16 Å². The highest BCUT2D eigenvalue weighted by Crippen LogP contribution is 2.24. The number of thioether (sulfide) groups is 1. The molecule has 1 unspecified atom stereocenters. The molecule has 28 heavy (non-hydrogen) atoms. The van der Waals surface area contributed by atoms with E-state index in [1.165, 1.54) is 16.3 Å². The molecule has 6 heteroatoms. The third-order valence-corrected chi connectivity index (χ3v) is 5.75. The smallest absolute Gasteiger partial charge is 0.261 e. The van der Waals surface area contributed by atoms with Gasteiger partial charge in [-0.3, -0.25) is 14.2 Å². The van der Waals surface area contributed by atoms with Gasteiger partial charge in [-0.05, 0) is 42.0 Å². The van der Waals surface area contributed by atoms with Crippen LogP contribution in [0.25, 0.3) is 21.7 Å². The van der Waals surface area contributed by atoms with Gasteiger partial charge in [-0.15, -0.1) is 0 Å². The van der Waals surface area contributed by atoms with Gasteiger partial charge in [0, 0.05) is 12.7 Å². The molecule has 1 heterocycles. The van der Waals surface area contributed by atoms with Crippen LogP contribution in [-0.4, -0.2) is 20.7 Å². The summed E-state index contributed by atoms with van der Waals surface area (Å²) in [5, 5.41) is 5.82. The maximum absolute atomic E-state index is 12.7. The van der Waals surface area contributed by atoms with Crippen molar-refractivity contribution in [3.8, 4) is 0 Å². The standard InChI is InChI=1S/C22H19N3O2S/c1-14(20(26)23-17-12-11-15-7-3-4-8-16(15)13-17)28-22-24-19-10-6-5-9-18(19)21(27)25(22)2/h3-14H,1-2H3,(H,23,26). The van der Waals surface area contributed by atoms with E-state index in [1.54, 1.807) is 19.2 Å². The van der Waals surface area contributed by atoms with Gasteiger partial charge >= 0.3 is 0 Å². The quantitative estimate of drug-likeness (QED) is 0.420. The fourth-order valence-electron chi connectivity index (χ4n) is 3.03. The molecule has 0 fully saturated rings. The van der Waals surface area contributed by atoms with Crippen LogP contribution in [-0.2, 0) is 11.8 Å². The molecule has 4 aromatic rings. The van der Waals surface area contributed by atoms with Crippen LogP contribution in [0, 0.1) is 0 Å². The van der Waals surface area contributed by atoms with Crippen LogP contribution in [0.3, 0.4) is 0 Å². The number of nitrogens with one attached hydrogen (secondary N) is 1. The average Bonchev–Trinajstić information content (AvgIpc) is 2.71. The molecule has 1 N–H and O–H groups in total. The summed E-state index contributed by atoms with van der Waals surface area (Å²) in [5.41, 5.74) is 1.27. The summed E-state index contributed by atoms with van der Waals surface area (Å²) < 4.78 is 1.49. The van der Waals surface area contributed by atoms with Crippen molar-refractivity contribution in [1.29, 1.82) is 0 Å². The number of anilines is 1. The van der Waals surface area contributed by atoms with E-state index in [0.717, 1.165) is 16.5 Å². The number of aromatic nitrogens is 2. The Kier molecular flexibility index (Phi) is 4.88. The van der Waals surface area contributed by atoms with Crippen molar-refractivity contribution >= 4 is 45.0 Å². The number of amides is 1. The van der Waals surface area contributed by atoms with Gasteiger partial charge in [0.25, 0.3) is 5.56 Å². The minimum absolute atomic E-state index is 0.116. The highest BCUT2D eigenvalue weighted by molar-refractivity contribution is 8.00. The van der Waals surface area contributed by atoms with Crippen LogP contribution in [0.1, 0.15) is 6.92 Å². The Morgan fingerprint density at radius 3 is 2.57 bits per heavy atom. The zero-order chi connectivity index (χ0) is 19.7. The zero-order valence-electron chi connectivity index (χ0n) is 15.5. The average molecular weight is 389 g/mol. The summed E-state index contributed by atoms with van der Waals surface area (Å²) in [6.07, 6.45) is 0. The first-order valence-corrected chi connectivity index (χ1v) is 9.83. The molecule has 0 aliphatic carbocycles. The third kappa shape index (κ3) is 3.51. The molecule has 3 aromatic carbocycles. The Morgan fingerprint density at radius 1 is 1.04 bits per heavy atom. The number of nitrogens with zero attached hydrogens (tertiary/aromatic N) is 2. The summed E-state index contributed by atoms with van der Waals surface area (Å²) in [7, 11) is 1.68. The molecule has 0 aliphatic rings. The van der Waals surface area contributed by atoms with Crippen molar-refractivity contribution < 1.29 is 4.79 Å². The molecule has 1 amide bonds. The number of hydrogen-bond acceptors (Lipinski definition) is 4. The van der Waals surface area contributed by atoms with Crippen molar-refractivity contribution in [3.63, 3.8) is 0 Å². The first-order chi connectivity index (χ1) is 13.5. The van der Waals surface area contributed by atoms with Crippen LogP contribution in [0.4, 0.5) is 5.69 Å². The number of carbonyl (C=O) groups excluding carboxylic acids is 1. The van der Waals surface area contributed by atoms with Crippen molar-refractivity contribution in [2.45, 2.75) is 17.3 Å². The Bertz CT molecular complexity index is 1250. The highest BCUT2D eigenvalue weighted by atomic mass is 32.2. The van der Waals surface area contributed by atoms with E-state index in [4.69, 9.17) is 0 Å². The van der Waals surface area contributed by atoms with Crippen LogP contribution in [0.5, 0.6) is 0 Å². The van der Waals surface area contributed by atoms with Crippen molar-refractivity contribution in [2.75, 3.05) is 5.32 Å². The summed E-state index contributed by atoms with van der Waals surface area (Å²) in [5.74, 6) is -0.136. The predicted octanol–water partition coefficient (Wildman–Crippen LogP) is 4.21. The number of hydrogen-bond donors (Lipinski definition) is 1. The van der Waals surface area contributed by atoms with Crippen LogP contribution in [0.2, 0.25) is 0 Å². The molecule has 0 bridgehead atoms. The number of para-hydroxylation sites is 1. The molecular formula is C22H19N3O2S. The maximum atomic E-state index is 12.7. The maximum Gasteiger partial charge on any atom is 0.261 e. The van der Waals surface area contributed by atoms with Gasteiger partial charge in [0.05, 0.1) is 16.2 Å². The topological polar surface area (TPSA) is 64.0 Å². The molecule has 4 rings (SSSR count). The third-order valence-electron chi connectivity index (χ3n) is 4.61. The van der Waals surface area contributed by atoms with Crippen LogP contribution >= 0.6 is 11.8 Å². The SMILES string of the molecule is CC(Sc1nc2ccccc2c(=O)n1C)C(=O)Nc1ccc2ccccc2c1. The molecule has 1 atom stereocenters. The molecule has 0 spiro atoms. The Hall–Kier alpha value is -3.12. The second-order valence-electron chi connectivity index (χ2n) is 6.59. The van der Waals surface area contributed by atoms with Gasteiger partial charge in [0.1, 0.15) is 0 Å². The first-order valence-electron chi connectivity index (χ1n) is 8.95. The minimum Gasteiger partial charge on any atom is -0.325 e. The van der Waals surface area contributed by atoms with E-state index in [-0.39, 0.29) is 11.5 Å². The molecular weight excluding hydrogens is 370 g/mol. The molecule has 5 nitrogen and oxygen atoms in total. The van der Waals surface area contributed by atoms with Crippen molar-refractivity contribution in [3.05, 3.63) is 77.1 Å². The summed E-state index contributed by atoms with van der Waals surface area (Å²) in [6, 6.07) is 21.1. The van der Waals surface area contributed by atoms with E-state index < -0.39 is 5.25 Å². The van der Waals surface area contributed by atoms with E-state index in [2.05, 4.69) is 10.3 Å². The fourth-order valence-corrected chi connectivity index (χ4v) is 3.90. The highest BCUT2D eigenvalue weighted by Gasteiger charge is 2.18. The lowest BCUT2D eigenvalue weighted by Crippen LogP contribution is -2.25. The fraction of sp³-hybridized carbons (Fsp3) is 0.136. The Morgan fingerprint density at radius 2 is 1.75 bits per heavy atom. The lowest BCUT2D eigenvalue weighted by atomic mass is 10.1. The molecule has 0 radical (unpaired) electrons. The second-order valence-corrected chi connectivity index (χ2v) is 7.89. The lowest BCUT2D eigenvalue weighted by molar-refractivity contribution is -0.115. The summed E-state index contributed by atoms with van der Waals surface area (Å²) in [4.78, 5) is 29.7. The lowest BCUT2D eigenvalue weighted by Gasteiger charge is -2.14. The molecule has 1 aromatic heterocycles. The second kappa shape index (κ2) is 7.48. The van der Waals surface area contributed by atoms with Gasteiger partial charge in [-0.2, -0.15) is 0 Å². The summed E-state index contributed by atoms with van der Waals surface area (Å²) in [6.45, 7) is 1.81.